The van der Waals surface area contributed by atoms with Crippen LogP contribution >= 0.6 is 0 Å². The van der Waals surface area contributed by atoms with Crippen molar-refractivity contribution >= 4 is 23.6 Å². The van der Waals surface area contributed by atoms with Crippen LogP contribution in [-0.4, -0.2) is 66.7 Å². The zero-order valence-electron chi connectivity index (χ0n) is 10.5. The van der Waals surface area contributed by atoms with Crippen LogP contribution in [0.15, 0.2) is 0 Å². The molecule has 0 aromatic rings. The fourth-order valence-corrected chi connectivity index (χ4v) is 1.55. The van der Waals surface area contributed by atoms with Crippen molar-refractivity contribution in [3.8, 4) is 0 Å². The summed E-state index contributed by atoms with van der Waals surface area (Å²) in [5, 5.41) is 0. The van der Waals surface area contributed by atoms with E-state index >= 15 is 0 Å². The average Bonchev–Trinajstić information content (AvgIpc) is 2.26. The van der Waals surface area contributed by atoms with E-state index in [1.165, 1.54) is 11.9 Å². The molecular weight excluding hydrogens is 240 g/mol. The van der Waals surface area contributed by atoms with Crippen molar-refractivity contribution < 1.29 is 23.9 Å². The molecule has 1 fully saturated rings. The van der Waals surface area contributed by atoms with Crippen LogP contribution in [0.25, 0.3) is 0 Å². The first-order valence-corrected chi connectivity index (χ1v) is 5.63. The third-order valence-electron chi connectivity index (χ3n) is 2.49. The van der Waals surface area contributed by atoms with Gasteiger partial charge in [-0.15, -0.1) is 0 Å². The highest BCUT2D eigenvalue weighted by atomic mass is 16.5. The second-order valence-electron chi connectivity index (χ2n) is 4.02. The summed E-state index contributed by atoms with van der Waals surface area (Å²) < 4.78 is 4.63. The van der Waals surface area contributed by atoms with Gasteiger partial charge < -0.3 is 14.5 Å². The SMILES string of the molecule is CCOC(=O)CC(=O)CN1CC(=O)N(C)CC1=O. The predicted octanol–water partition coefficient (Wildman–Crippen LogP) is -1.19. The van der Waals surface area contributed by atoms with Gasteiger partial charge in [0.05, 0.1) is 19.7 Å². The van der Waals surface area contributed by atoms with E-state index in [4.69, 9.17) is 0 Å². The zero-order chi connectivity index (χ0) is 13.7. The molecule has 0 atom stereocenters. The van der Waals surface area contributed by atoms with Crippen molar-refractivity contribution in [2.24, 2.45) is 0 Å². The Bertz CT molecular complexity index is 380. The molecule has 0 N–H and O–H groups in total. The normalized spacial score (nSPS) is 15.9. The lowest BCUT2D eigenvalue weighted by atomic mass is 10.2. The fraction of sp³-hybridized carbons (Fsp3) is 0.636. The Kier molecular flexibility index (Phi) is 4.82. The smallest absolute Gasteiger partial charge is 0.313 e. The van der Waals surface area contributed by atoms with Crippen LogP contribution in [0, 0.1) is 0 Å². The van der Waals surface area contributed by atoms with Gasteiger partial charge in [0.15, 0.2) is 5.78 Å². The van der Waals surface area contributed by atoms with E-state index in [0.717, 1.165) is 4.90 Å². The summed E-state index contributed by atoms with van der Waals surface area (Å²) in [5.74, 6) is -1.57. The molecule has 0 spiro atoms. The molecule has 1 saturated heterocycles. The van der Waals surface area contributed by atoms with Crippen molar-refractivity contribution in [3.05, 3.63) is 0 Å². The summed E-state index contributed by atoms with van der Waals surface area (Å²) in [7, 11) is 1.53. The van der Waals surface area contributed by atoms with E-state index in [-0.39, 0.29) is 44.5 Å². The van der Waals surface area contributed by atoms with Crippen LogP contribution in [0.5, 0.6) is 0 Å². The standard InChI is InChI=1S/C11H16N2O5/c1-3-18-11(17)4-8(14)5-13-7-9(15)12(2)6-10(13)16/h3-7H2,1-2H3. The molecule has 2 amide bonds. The maximum atomic E-state index is 11.6. The Morgan fingerprint density at radius 2 is 1.89 bits per heavy atom. The van der Waals surface area contributed by atoms with Gasteiger partial charge in [0.25, 0.3) is 0 Å². The number of amides is 2. The molecule has 1 aliphatic rings. The molecule has 0 unspecified atom stereocenters. The molecule has 0 aromatic carbocycles. The summed E-state index contributed by atoms with van der Waals surface area (Å²) in [6.45, 7) is 1.47. The van der Waals surface area contributed by atoms with Gasteiger partial charge in [0, 0.05) is 7.05 Å². The Labute approximate surface area is 105 Å². The van der Waals surface area contributed by atoms with Gasteiger partial charge in [-0.1, -0.05) is 0 Å². The van der Waals surface area contributed by atoms with Crippen LogP contribution in [-0.2, 0) is 23.9 Å². The molecule has 1 rings (SSSR count). The van der Waals surface area contributed by atoms with Gasteiger partial charge in [0.2, 0.25) is 11.8 Å². The minimum Gasteiger partial charge on any atom is -0.466 e. The van der Waals surface area contributed by atoms with E-state index in [1.807, 2.05) is 0 Å². The van der Waals surface area contributed by atoms with Gasteiger partial charge >= 0.3 is 5.97 Å². The second-order valence-corrected chi connectivity index (χ2v) is 4.02. The largest absolute Gasteiger partial charge is 0.466 e. The molecule has 7 nitrogen and oxygen atoms in total. The van der Waals surface area contributed by atoms with Crippen LogP contribution in [0.4, 0.5) is 0 Å². The molecule has 0 saturated carbocycles. The lowest BCUT2D eigenvalue weighted by Crippen LogP contribution is -2.53. The minimum atomic E-state index is -0.615. The van der Waals surface area contributed by atoms with E-state index in [2.05, 4.69) is 4.74 Å². The quantitative estimate of drug-likeness (QED) is 0.456. The predicted molar refractivity (Wildman–Crippen MR) is 60.5 cm³/mol. The Morgan fingerprint density at radius 1 is 1.22 bits per heavy atom. The summed E-state index contributed by atoms with van der Waals surface area (Å²) in [6, 6.07) is 0. The van der Waals surface area contributed by atoms with E-state index in [1.54, 1.807) is 6.92 Å². The van der Waals surface area contributed by atoms with Crippen LogP contribution in [0.1, 0.15) is 13.3 Å². The highest BCUT2D eigenvalue weighted by molar-refractivity contribution is 6.00. The highest BCUT2D eigenvalue weighted by Gasteiger charge is 2.29. The van der Waals surface area contributed by atoms with Gasteiger partial charge in [-0.3, -0.25) is 19.2 Å². The number of likely N-dealkylation sites (N-methyl/N-ethyl adjacent to an activating group) is 1. The number of carbonyl (C=O) groups is 4. The van der Waals surface area contributed by atoms with Gasteiger partial charge in [-0.2, -0.15) is 0 Å². The topological polar surface area (TPSA) is 84.0 Å². The first kappa shape index (κ1) is 14.1. The molecule has 100 valence electrons. The first-order valence-electron chi connectivity index (χ1n) is 5.63. The number of esters is 1. The molecule has 18 heavy (non-hydrogen) atoms. The number of rotatable bonds is 5. The monoisotopic (exact) mass is 256 g/mol. The molecule has 7 heteroatoms. The Balaban J connectivity index is 2.47. The van der Waals surface area contributed by atoms with Crippen molar-refractivity contribution in [2.75, 3.05) is 33.3 Å². The number of hydrogen-bond donors (Lipinski definition) is 0. The molecule has 0 bridgehead atoms. The van der Waals surface area contributed by atoms with Crippen molar-refractivity contribution in [2.45, 2.75) is 13.3 Å². The number of nitrogens with zero attached hydrogens (tertiary/aromatic N) is 2. The minimum absolute atomic E-state index is 0.0362. The number of hydrogen-bond acceptors (Lipinski definition) is 5. The third kappa shape index (κ3) is 3.83. The van der Waals surface area contributed by atoms with Crippen molar-refractivity contribution in [3.63, 3.8) is 0 Å². The van der Waals surface area contributed by atoms with Gasteiger partial charge in [-0.05, 0) is 6.92 Å². The van der Waals surface area contributed by atoms with Gasteiger partial charge in [-0.25, -0.2) is 0 Å². The molecule has 0 radical (unpaired) electrons. The molecule has 1 aliphatic heterocycles. The Morgan fingerprint density at radius 3 is 2.50 bits per heavy atom. The zero-order valence-corrected chi connectivity index (χ0v) is 10.5. The number of Topliss-reactive ketones (excluding diaryl/α,β-unsaturated/α-hetero) is 1. The van der Waals surface area contributed by atoms with Crippen LogP contribution < -0.4 is 0 Å². The maximum absolute atomic E-state index is 11.6. The summed E-state index contributed by atoms with van der Waals surface area (Å²) in [4.78, 5) is 48.0. The van der Waals surface area contributed by atoms with Gasteiger partial charge in [0.1, 0.15) is 13.0 Å². The lowest BCUT2D eigenvalue weighted by Gasteiger charge is -2.31. The molecular formula is C11H16N2O5. The van der Waals surface area contributed by atoms with E-state index in [9.17, 15) is 19.2 Å². The summed E-state index contributed by atoms with van der Waals surface area (Å²) in [5.41, 5.74) is 0. The molecule has 1 heterocycles. The fourth-order valence-electron chi connectivity index (χ4n) is 1.55. The van der Waals surface area contributed by atoms with E-state index < -0.39 is 11.8 Å². The third-order valence-corrected chi connectivity index (χ3v) is 2.49. The van der Waals surface area contributed by atoms with Crippen molar-refractivity contribution in [1.82, 2.24) is 9.80 Å². The number of piperazine rings is 1. The number of carbonyl (C=O) groups excluding carboxylic acids is 4. The lowest BCUT2D eigenvalue weighted by molar-refractivity contribution is -0.151. The highest BCUT2D eigenvalue weighted by Crippen LogP contribution is 2.03. The maximum Gasteiger partial charge on any atom is 0.313 e. The summed E-state index contributed by atoms with van der Waals surface area (Å²) >= 11 is 0. The Hall–Kier alpha value is -1.92. The molecule has 0 aliphatic carbocycles. The molecule has 0 aromatic heterocycles. The van der Waals surface area contributed by atoms with Crippen LogP contribution in [0.2, 0.25) is 0 Å². The van der Waals surface area contributed by atoms with Crippen LogP contribution in [0.3, 0.4) is 0 Å². The summed E-state index contributed by atoms with van der Waals surface area (Å²) in [6.07, 6.45) is -0.373. The second kappa shape index (κ2) is 6.13. The first-order chi connectivity index (χ1) is 8.43. The average molecular weight is 256 g/mol. The van der Waals surface area contributed by atoms with E-state index in [0.29, 0.717) is 0 Å². The number of ether oxygens (including phenoxy) is 1. The number of ketones is 1. The van der Waals surface area contributed by atoms with Crippen molar-refractivity contribution in [1.29, 1.82) is 0 Å².